The molecular weight excluding hydrogens is 258 g/mol. The fourth-order valence-corrected chi connectivity index (χ4v) is 2.27. The molecule has 1 aliphatic rings. The molecule has 0 spiro atoms. The number of rotatable bonds is 5. The molecule has 0 aromatic heterocycles. The highest BCUT2D eigenvalue weighted by atomic mass is 16.5. The molecule has 0 unspecified atom stereocenters. The van der Waals surface area contributed by atoms with E-state index in [2.05, 4.69) is 0 Å². The van der Waals surface area contributed by atoms with E-state index in [1.807, 2.05) is 24.3 Å². The minimum absolute atomic E-state index is 0.0391. The fourth-order valence-electron chi connectivity index (χ4n) is 2.27. The molecule has 1 N–H and O–H groups in total. The Hall–Kier alpha value is -1.75. The van der Waals surface area contributed by atoms with E-state index in [0.717, 1.165) is 30.9 Å². The predicted molar refractivity (Wildman–Crippen MR) is 74.9 cm³/mol. The number of carbonyl (C=O) groups excluding carboxylic acids is 1. The van der Waals surface area contributed by atoms with Crippen LogP contribution in [0.15, 0.2) is 24.3 Å². The highest BCUT2D eigenvalue weighted by Crippen LogP contribution is 2.17. The first-order valence-electron chi connectivity index (χ1n) is 6.91. The molecule has 1 saturated heterocycles. The van der Waals surface area contributed by atoms with Crippen molar-refractivity contribution in [1.29, 1.82) is 0 Å². The van der Waals surface area contributed by atoms with Crippen molar-refractivity contribution in [2.45, 2.75) is 25.4 Å². The number of hydrogen-bond acceptors (Lipinski definition) is 4. The summed E-state index contributed by atoms with van der Waals surface area (Å²) in [6.07, 6.45) is 1.60. The molecule has 20 heavy (non-hydrogen) atoms. The zero-order valence-electron chi connectivity index (χ0n) is 11.7. The summed E-state index contributed by atoms with van der Waals surface area (Å²) >= 11 is 0. The number of aliphatic hydroxyl groups excluding tert-OH is 1. The van der Waals surface area contributed by atoms with E-state index >= 15 is 0 Å². The lowest BCUT2D eigenvalue weighted by atomic mass is 10.1. The number of methoxy groups -OCH3 is 1. The van der Waals surface area contributed by atoms with Crippen LogP contribution in [0.4, 0.5) is 0 Å². The van der Waals surface area contributed by atoms with Gasteiger partial charge in [0.1, 0.15) is 11.5 Å². The molecule has 2 rings (SSSR count). The summed E-state index contributed by atoms with van der Waals surface area (Å²) in [4.78, 5) is 13.7. The van der Waals surface area contributed by atoms with Crippen LogP contribution >= 0.6 is 0 Å². The quantitative estimate of drug-likeness (QED) is 0.886. The van der Waals surface area contributed by atoms with Crippen LogP contribution in [-0.2, 0) is 4.79 Å². The average molecular weight is 279 g/mol. The van der Waals surface area contributed by atoms with E-state index in [1.165, 1.54) is 0 Å². The summed E-state index contributed by atoms with van der Waals surface area (Å²) < 4.78 is 10.6. The summed E-state index contributed by atoms with van der Waals surface area (Å²) in [6.45, 7) is 1.53. The molecule has 1 heterocycles. The van der Waals surface area contributed by atoms with Gasteiger partial charge in [-0.15, -0.1) is 0 Å². The van der Waals surface area contributed by atoms with Crippen molar-refractivity contribution in [3.63, 3.8) is 0 Å². The number of hydrogen-bond donors (Lipinski definition) is 1. The van der Waals surface area contributed by atoms with Crippen molar-refractivity contribution in [2.24, 2.45) is 0 Å². The summed E-state index contributed by atoms with van der Waals surface area (Å²) in [5, 5.41) is 9.54. The van der Waals surface area contributed by atoms with Crippen LogP contribution in [0, 0.1) is 0 Å². The number of nitrogens with zero attached hydrogens (tertiary/aromatic N) is 1. The van der Waals surface area contributed by atoms with Crippen molar-refractivity contribution in [3.05, 3.63) is 24.3 Å². The zero-order valence-corrected chi connectivity index (χ0v) is 11.7. The number of ether oxygens (including phenoxy) is 2. The van der Waals surface area contributed by atoms with Gasteiger partial charge < -0.3 is 19.5 Å². The van der Waals surface area contributed by atoms with Gasteiger partial charge in [-0.25, -0.2) is 0 Å². The van der Waals surface area contributed by atoms with Gasteiger partial charge in [-0.2, -0.15) is 0 Å². The van der Waals surface area contributed by atoms with Crippen LogP contribution in [0.3, 0.4) is 0 Å². The van der Waals surface area contributed by atoms with Gasteiger partial charge in [-0.1, -0.05) is 0 Å². The second-order valence-electron chi connectivity index (χ2n) is 4.91. The number of benzene rings is 1. The molecule has 1 aromatic carbocycles. The second-order valence-corrected chi connectivity index (χ2v) is 4.91. The van der Waals surface area contributed by atoms with E-state index in [4.69, 9.17) is 9.47 Å². The van der Waals surface area contributed by atoms with Crippen LogP contribution in [0.1, 0.15) is 19.3 Å². The molecule has 0 bridgehead atoms. The summed E-state index contributed by atoms with van der Waals surface area (Å²) in [6, 6.07) is 7.26. The average Bonchev–Trinajstić information content (AvgIpc) is 2.48. The van der Waals surface area contributed by atoms with E-state index in [1.54, 1.807) is 12.0 Å². The largest absolute Gasteiger partial charge is 0.497 e. The molecule has 0 aliphatic carbocycles. The molecular formula is C15H21NO4. The molecule has 0 radical (unpaired) electrons. The number of β-amino-alcohol motifs (C(OH)–C–C–N with tert-alkyl or cyclic N) is 1. The molecule has 1 atom stereocenters. The van der Waals surface area contributed by atoms with E-state index in [9.17, 15) is 9.90 Å². The van der Waals surface area contributed by atoms with E-state index in [-0.39, 0.29) is 12.0 Å². The van der Waals surface area contributed by atoms with Crippen LogP contribution in [0.2, 0.25) is 0 Å². The summed E-state index contributed by atoms with van der Waals surface area (Å²) in [5.74, 6) is 1.53. The first-order chi connectivity index (χ1) is 9.69. The van der Waals surface area contributed by atoms with Crippen molar-refractivity contribution in [2.75, 3.05) is 26.8 Å². The Bertz CT molecular complexity index is 432. The Labute approximate surface area is 119 Å². The minimum Gasteiger partial charge on any atom is -0.497 e. The van der Waals surface area contributed by atoms with Gasteiger partial charge in [-0.05, 0) is 37.1 Å². The second kappa shape index (κ2) is 7.14. The van der Waals surface area contributed by atoms with Crippen molar-refractivity contribution in [1.82, 2.24) is 4.90 Å². The van der Waals surface area contributed by atoms with Gasteiger partial charge in [0.25, 0.3) is 0 Å². The van der Waals surface area contributed by atoms with Crippen LogP contribution < -0.4 is 9.47 Å². The molecule has 1 aromatic rings. The summed E-state index contributed by atoms with van der Waals surface area (Å²) in [7, 11) is 1.61. The Balaban J connectivity index is 1.73. The molecule has 1 amide bonds. The predicted octanol–water partition coefficient (Wildman–Crippen LogP) is 1.45. The molecule has 110 valence electrons. The molecule has 0 saturated carbocycles. The molecule has 5 heteroatoms. The lowest BCUT2D eigenvalue weighted by Gasteiger charge is -2.30. The Morgan fingerprint density at radius 3 is 2.70 bits per heavy atom. The maximum atomic E-state index is 11.9. The summed E-state index contributed by atoms with van der Waals surface area (Å²) in [5.41, 5.74) is 0. The maximum Gasteiger partial charge on any atom is 0.226 e. The monoisotopic (exact) mass is 279 g/mol. The maximum absolute atomic E-state index is 11.9. The smallest absolute Gasteiger partial charge is 0.226 e. The fraction of sp³-hybridized carbons (Fsp3) is 0.533. The normalized spacial score (nSPS) is 18.7. The minimum atomic E-state index is -0.379. The number of likely N-dealkylation sites (tertiary alicyclic amines) is 1. The highest BCUT2D eigenvalue weighted by Gasteiger charge is 2.21. The van der Waals surface area contributed by atoms with Crippen molar-refractivity contribution < 1.29 is 19.4 Å². The van der Waals surface area contributed by atoms with Gasteiger partial charge in [0.15, 0.2) is 0 Å². The van der Waals surface area contributed by atoms with E-state index < -0.39 is 0 Å². The molecule has 1 fully saturated rings. The lowest BCUT2D eigenvalue weighted by Crippen LogP contribution is -2.42. The van der Waals surface area contributed by atoms with Gasteiger partial charge >= 0.3 is 0 Å². The first-order valence-corrected chi connectivity index (χ1v) is 6.91. The lowest BCUT2D eigenvalue weighted by molar-refractivity contribution is -0.134. The Morgan fingerprint density at radius 2 is 2.05 bits per heavy atom. The van der Waals surface area contributed by atoms with Gasteiger partial charge in [0, 0.05) is 13.1 Å². The Morgan fingerprint density at radius 1 is 1.35 bits per heavy atom. The van der Waals surface area contributed by atoms with E-state index in [0.29, 0.717) is 19.6 Å². The van der Waals surface area contributed by atoms with Crippen molar-refractivity contribution in [3.8, 4) is 11.5 Å². The zero-order chi connectivity index (χ0) is 14.4. The third-order valence-corrected chi connectivity index (χ3v) is 3.39. The number of carbonyl (C=O) groups is 1. The Kier molecular flexibility index (Phi) is 5.24. The number of amides is 1. The molecule has 1 aliphatic heterocycles. The van der Waals surface area contributed by atoms with Crippen LogP contribution in [0.25, 0.3) is 0 Å². The standard InChI is InChI=1S/C15H21NO4/c1-19-13-4-6-14(7-5-13)20-10-8-15(18)16-9-2-3-12(17)11-16/h4-7,12,17H,2-3,8-11H2,1H3/t12-/m0/s1. The topological polar surface area (TPSA) is 59.0 Å². The van der Waals surface area contributed by atoms with Crippen LogP contribution in [0.5, 0.6) is 11.5 Å². The third kappa shape index (κ3) is 4.13. The number of piperidine rings is 1. The number of aliphatic hydroxyl groups is 1. The first kappa shape index (κ1) is 14.7. The van der Waals surface area contributed by atoms with Crippen molar-refractivity contribution >= 4 is 5.91 Å². The third-order valence-electron chi connectivity index (χ3n) is 3.39. The molecule has 5 nitrogen and oxygen atoms in total. The SMILES string of the molecule is COc1ccc(OCCC(=O)N2CCC[C@H](O)C2)cc1. The van der Waals surface area contributed by atoms with Crippen LogP contribution in [-0.4, -0.2) is 48.8 Å². The van der Waals surface area contributed by atoms with Gasteiger partial charge in [0.05, 0.1) is 26.2 Å². The highest BCUT2D eigenvalue weighted by molar-refractivity contribution is 5.76. The van der Waals surface area contributed by atoms with Gasteiger partial charge in [0.2, 0.25) is 5.91 Å². The van der Waals surface area contributed by atoms with Gasteiger partial charge in [-0.3, -0.25) is 4.79 Å².